The lowest BCUT2D eigenvalue weighted by atomic mass is 9.57. The van der Waals surface area contributed by atoms with Crippen molar-refractivity contribution in [3.63, 3.8) is 0 Å². The number of allylic oxidation sites excluding steroid dienone is 1. The molecule has 2 aliphatic carbocycles. The van der Waals surface area contributed by atoms with Gasteiger partial charge in [-0.05, 0) is 67.4 Å². The average molecular weight is 470 g/mol. The molecule has 4 nitrogen and oxygen atoms in total. The van der Waals surface area contributed by atoms with Crippen molar-refractivity contribution in [1.82, 2.24) is 4.98 Å². The van der Waals surface area contributed by atoms with E-state index in [2.05, 4.69) is 11.1 Å². The second kappa shape index (κ2) is 8.67. The quantitative estimate of drug-likeness (QED) is 0.520. The molecule has 1 aliphatic heterocycles. The summed E-state index contributed by atoms with van der Waals surface area (Å²) >= 11 is 0. The molecule has 6 atom stereocenters. The number of pyridine rings is 1. The molecular formula is C27H26F3NO3. The van der Waals surface area contributed by atoms with Crippen molar-refractivity contribution in [1.29, 1.82) is 0 Å². The van der Waals surface area contributed by atoms with Crippen LogP contribution in [0.4, 0.5) is 13.2 Å². The van der Waals surface area contributed by atoms with Gasteiger partial charge in [0.15, 0.2) is 0 Å². The number of hydrogen-bond acceptors (Lipinski definition) is 4. The van der Waals surface area contributed by atoms with Gasteiger partial charge in [0, 0.05) is 30.5 Å². The second-order valence-corrected chi connectivity index (χ2v) is 9.75. The Morgan fingerprint density at radius 3 is 2.68 bits per heavy atom. The second-order valence-electron chi connectivity index (χ2n) is 9.75. The van der Waals surface area contributed by atoms with Crippen LogP contribution >= 0.6 is 0 Å². The zero-order valence-electron chi connectivity index (χ0n) is 18.8. The van der Waals surface area contributed by atoms with Crippen molar-refractivity contribution in [2.75, 3.05) is 0 Å². The molecule has 2 saturated carbocycles. The molecule has 5 rings (SSSR count). The van der Waals surface area contributed by atoms with Crippen LogP contribution < -0.4 is 0 Å². The van der Waals surface area contributed by atoms with Crippen LogP contribution in [0.2, 0.25) is 0 Å². The highest BCUT2D eigenvalue weighted by Crippen LogP contribution is 2.53. The number of Topliss-reactive ketones (excluding diaryl/α,β-unsaturated/α-hetero) is 1. The zero-order chi connectivity index (χ0) is 24.0. The summed E-state index contributed by atoms with van der Waals surface area (Å²) in [6, 6.07) is 8.71. The summed E-state index contributed by atoms with van der Waals surface area (Å²) in [7, 11) is 0. The van der Waals surface area contributed by atoms with Gasteiger partial charge in [0.1, 0.15) is 11.9 Å². The fraction of sp³-hybridized carbons (Fsp3) is 0.444. The third-order valence-corrected chi connectivity index (χ3v) is 7.77. The predicted octanol–water partition coefficient (Wildman–Crippen LogP) is 5.96. The van der Waals surface area contributed by atoms with Crippen LogP contribution in [0.3, 0.4) is 0 Å². The Labute approximate surface area is 196 Å². The van der Waals surface area contributed by atoms with Gasteiger partial charge in [0.25, 0.3) is 0 Å². The van der Waals surface area contributed by atoms with Crippen molar-refractivity contribution in [3.05, 3.63) is 59.9 Å². The largest absolute Gasteiger partial charge is 0.462 e. The van der Waals surface area contributed by atoms with Gasteiger partial charge < -0.3 is 4.74 Å². The minimum Gasteiger partial charge on any atom is -0.462 e. The summed E-state index contributed by atoms with van der Waals surface area (Å²) < 4.78 is 44.7. The highest BCUT2D eigenvalue weighted by Gasteiger charge is 2.54. The maximum atomic E-state index is 13.0. The van der Waals surface area contributed by atoms with E-state index in [1.165, 1.54) is 6.07 Å². The molecule has 0 radical (unpaired) electrons. The third-order valence-electron chi connectivity index (χ3n) is 7.77. The standard InChI is InChI=1S/C27H26F3NO3/c1-15-25-22(23-13-21(32)9-6-17(23)12-24(25)26(33)34-15)10-8-20-7-5-18(14-31-20)16-3-2-4-19(11-16)27(28,29)30/h2-5,7-8,10-11,14-15,17,22-25H,6,9,12-13H2,1H3/b10-8+/t15-,17?,22?,23?,24-,25+/m0/s1. The molecule has 178 valence electrons. The number of ether oxygens (including phenoxy) is 1. The molecule has 3 aliphatic rings. The molecule has 1 aromatic carbocycles. The molecule has 0 spiro atoms. The summed E-state index contributed by atoms with van der Waals surface area (Å²) in [6.45, 7) is 1.93. The monoisotopic (exact) mass is 469 g/mol. The van der Waals surface area contributed by atoms with Crippen molar-refractivity contribution in [3.8, 4) is 11.1 Å². The van der Waals surface area contributed by atoms with Gasteiger partial charge in [0.2, 0.25) is 0 Å². The number of cyclic esters (lactones) is 1. The number of alkyl halides is 3. The first-order chi connectivity index (χ1) is 16.2. The number of ketones is 1. The molecule has 0 bridgehead atoms. The number of carbonyl (C=O) groups is 2. The highest BCUT2D eigenvalue weighted by molar-refractivity contribution is 5.80. The van der Waals surface area contributed by atoms with Crippen molar-refractivity contribution < 1.29 is 27.5 Å². The molecule has 7 heteroatoms. The topological polar surface area (TPSA) is 56.3 Å². The lowest BCUT2D eigenvalue weighted by molar-refractivity contribution is -0.144. The van der Waals surface area contributed by atoms with Gasteiger partial charge in [-0.2, -0.15) is 13.2 Å². The first-order valence-corrected chi connectivity index (χ1v) is 11.7. The highest BCUT2D eigenvalue weighted by atomic mass is 19.4. The van der Waals surface area contributed by atoms with Crippen molar-refractivity contribution in [2.45, 2.75) is 44.9 Å². The zero-order valence-corrected chi connectivity index (χ0v) is 18.8. The molecule has 0 amide bonds. The minimum atomic E-state index is -4.40. The average Bonchev–Trinajstić information content (AvgIpc) is 3.10. The maximum Gasteiger partial charge on any atom is 0.416 e. The first kappa shape index (κ1) is 22.8. The Morgan fingerprint density at radius 1 is 1.12 bits per heavy atom. The van der Waals surface area contributed by atoms with Crippen LogP contribution in [0.15, 0.2) is 48.7 Å². The van der Waals surface area contributed by atoms with Crippen LogP contribution in [0.5, 0.6) is 0 Å². The van der Waals surface area contributed by atoms with Gasteiger partial charge in [-0.15, -0.1) is 0 Å². The van der Waals surface area contributed by atoms with Gasteiger partial charge in [-0.1, -0.05) is 24.3 Å². The van der Waals surface area contributed by atoms with E-state index < -0.39 is 11.7 Å². The van der Waals surface area contributed by atoms with E-state index >= 15 is 0 Å². The molecule has 1 saturated heterocycles. The number of aromatic nitrogens is 1. The summed E-state index contributed by atoms with van der Waals surface area (Å²) in [5, 5.41) is 0. The van der Waals surface area contributed by atoms with Crippen LogP contribution in [0.1, 0.15) is 43.9 Å². The number of nitrogens with zero attached hydrogens (tertiary/aromatic N) is 1. The van der Waals surface area contributed by atoms with E-state index in [9.17, 15) is 22.8 Å². The first-order valence-electron chi connectivity index (χ1n) is 11.7. The Morgan fingerprint density at radius 2 is 1.94 bits per heavy atom. The van der Waals surface area contributed by atoms with Crippen LogP contribution in [-0.2, 0) is 20.5 Å². The van der Waals surface area contributed by atoms with E-state index in [1.807, 2.05) is 13.0 Å². The summed E-state index contributed by atoms with van der Waals surface area (Å²) in [6.07, 6.45) is 3.67. The molecule has 2 aromatic rings. The number of rotatable bonds is 3. The molecule has 3 fully saturated rings. The van der Waals surface area contributed by atoms with E-state index in [4.69, 9.17) is 4.74 Å². The Balaban J connectivity index is 1.39. The Kier molecular flexibility index (Phi) is 5.82. The normalized spacial score (nSPS) is 31.3. The van der Waals surface area contributed by atoms with Crippen LogP contribution in [0.25, 0.3) is 17.2 Å². The molecule has 34 heavy (non-hydrogen) atoms. The van der Waals surface area contributed by atoms with Crippen LogP contribution in [-0.4, -0.2) is 22.8 Å². The van der Waals surface area contributed by atoms with Crippen molar-refractivity contribution in [2.24, 2.45) is 29.6 Å². The van der Waals surface area contributed by atoms with Crippen molar-refractivity contribution >= 4 is 17.8 Å². The Bertz CT molecular complexity index is 1120. The molecule has 3 unspecified atom stereocenters. The van der Waals surface area contributed by atoms with E-state index in [0.717, 1.165) is 25.0 Å². The maximum absolute atomic E-state index is 13.0. The summed E-state index contributed by atoms with van der Waals surface area (Å²) in [5.74, 6) is 0.632. The number of fused-ring (bicyclic) bond motifs is 2. The minimum absolute atomic E-state index is 0.0411. The van der Waals surface area contributed by atoms with Gasteiger partial charge in [-0.3, -0.25) is 14.6 Å². The van der Waals surface area contributed by atoms with E-state index in [1.54, 1.807) is 24.4 Å². The van der Waals surface area contributed by atoms with Crippen LogP contribution in [0, 0.1) is 29.6 Å². The lowest BCUT2D eigenvalue weighted by Gasteiger charge is -2.45. The molecular weight excluding hydrogens is 443 g/mol. The molecule has 0 N–H and O–H groups in total. The molecule has 2 heterocycles. The lowest BCUT2D eigenvalue weighted by Crippen LogP contribution is -2.44. The van der Waals surface area contributed by atoms with Gasteiger partial charge >= 0.3 is 12.1 Å². The fourth-order valence-electron chi connectivity index (χ4n) is 6.15. The van der Waals surface area contributed by atoms with E-state index in [0.29, 0.717) is 35.6 Å². The SMILES string of the molecule is C[C@@H]1OC(=O)[C@H]2CC3CCC(=O)CC3C(/C=C/c3ccc(-c4cccc(C(F)(F)F)c4)cn3)[C@@H]12. The Hall–Kier alpha value is -2.96. The number of benzene rings is 1. The van der Waals surface area contributed by atoms with Gasteiger partial charge in [0.05, 0.1) is 17.2 Å². The number of esters is 1. The fourth-order valence-corrected chi connectivity index (χ4v) is 6.15. The van der Waals surface area contributed by atoms with Gasteiger partial charge in [-0.25, -0.2) is 0 Å². The predicted molar refractivity (Wildman–Crippen MR) is 120 cm³/mol. The number of halogens is 3. The molecule has 1 aromatic heterocycles. The number of hydrogen-bond donors (Lipinski definition) is 0. The smallest absolute Gasteiger partial charge is 0.416 e. The number of carbonyl (C=O) groups excluding carboxylic acids is 2. The third kappa shape index (κ3) is 4.28. The summed E-state index contributed by atoms with van der Waals surface area (Å²) in [4.78, 5) is 29.1. The summed E-state index contributed by atoms with van der Waals surface area (Å²) in [5.41, 5.74) is 1.03. The van der Waals surface area contributed by atoms with E-state index in [-0.39, 0.29) is 41.5 Å².